The first-order valence-electron chi connectivity index (χ1n) is 8.48. The minimum atomic E-state index is -0.0288. The van der Waals surface area contributed by atoms with Crippen LogP contribution in [0.4, 0.5) is 0 Å². The summed E-state index contributed by atoms with van der Waals surface area (Å²) in [5.41, 5.74) is 0. The molecule has 1 saturated heterocycles. The Morgan fingerprint density at radius 1 is 1.33 bits per heavy atom. The fraction of sp³-hybridized carbons (Fsp3) is 0.938. The highest BCUT2D eigenvalue weighted by molar-refractivity contribution is 5.81. The molecule has 2 N–H and O–H groups in total. The van der Waals surface area contributed by atoms with Crippen LogP contribution in [-0.4, -0.2) is 62.3 Å². The average molecular weight is 297 g/mol. The van der Waals surface area contributed by atoms with E-state index >= 15 is 0 Å². The molecule has 21 heavy (non-hydrogen) atoms. The van der Waals surface area contributed by atoms with E-state index in [1.54, 1.807) is 7.11 Å². The quantitative estimate of drug-likeness (QED) is 0.627. The first-order valence-corrected chi connectivity index (χ1v) is 8.48. The first kappa shape index (κ1) is 16.7. The van der Waals surface area contributed by atoms with Gasteiger partial charge in [-0.1, -0.05) is 6.42 Å². The summed E-state index contributed by atoms with van der Waals surface area (Å²) in [6, 6.07) is 1.23. The Balaban J connectivity index is 1.75. The van der Waals surface area contributed by atoms with E-state index in [4.69, 9.17) is 4.74 Å². The molecule has 5 heteroatoms. The predicted molar refractivity (Wildman–Crippen MR) is 84.3 cm³/mol. The zero-order chi connectivity index (χ0) is 15.1. The Labute approximate surface area is 128 Å². The highest BCUT2D eigenvalue weighted by Gasteiger charge is 2.31. The van der Waals surface area contributed by atoms with E-state index < -0.39 is 0 Å². The number of likely N-dealkylation sites (tertiary alicyclic amines) is 1. The van der Waals surface area contributed by atoms with Gasteiger partial charge in [0.2, 0.25) is 5.91 Å². The zero-order valence-corrected chi connectivity index (χ0v) is 13.6. The van der Waals surface area contributed by atoms with Gasteiger partial charge < -0.3 is 15.4 Å². The largest absolute Gasteiger partial charge is 0.385 e. The van der Waals surface area contributed by atoms with Gasteiger partial charge in [-0.15, -0.1) is 0 Å². The number of carbonyl (C=O) groups excluding carboxylic acids is 1. The van der Waals surface area contributed by atoms with Gasteiger partial charge in [-0.05, 0) is 45.6 Å². The summed E-state index contributed by atoms with van der Waals surface area (Å²) in [6.45, 7) is 5.53. The third-order valence-electron chi connectivity index (χ3n) is 4.59. The average Bonchev–Trinajstić information content (AvgIpc) is 3.33. The number of nitrogens with one attached hydrogen (secondary N) is 2. The van der Waals surface area contributed by atoms with E-state index in [2.05, 4.69) is 15.5 Å². The first-order chi connectivity index (χ1) is 10.2. The third kappa shape index (κ3) is 5.57. The molecule has 0 radical (unpaired) electrons. The summed E-state index contributed by atoms with van der Waals surface area (Å²) >= 11 is 0. The van der Waals surface area contributed by atoms with Gasteiger partial charge in [0.1, 0.15) is 0 Å². The summed E-state index contributed by atoms with van der Waals surface area (Å²) in [7, 11) is 1.69. The molecule has 2 unspecified atom stereocenters. The molecule has 1 heterocycles. The molecule has 0 aromatic rings. The molecule has 1 amide bonds. The number of methoxy groups -OCH3 is 1. The van der Waals surface area contributed by atoms with Gasteiger partial charge in [0.05, 0.1) is 6.04 Å². The monoisotopic (exact) mass is 297 g/mol. The summed E-state index contributed by atoms with van der Waals surface area (Å²) in [5.74, 6) is 0.157. The normalized spacial score (nSPS) is 24.8. The number of hydrogen-bond acceptors (Lipinski definition) is 4. The Hall–Kier alpha value is -0.650. The Morgan fingerprint density at radius 3 is 2.86 bits per heavy atom. The van der Waals surface area contributed by atoms with Crippen LogP contribution in [0.2, 0.25) is 0 Å². The van der Waals surface area contributed by atoms with Crippen LogP contribution < -0.4 is 10.6 Å². The molecule has 2 aliphatic rings. The molecule has 2 atom stereocenters. The molecule has 2 fully saturated rings. The van der Waals surface area contributed by atoms with Crippen molar-refractivity contribution in [3.63, 3.8) is 0 Å². The van der Waals surface area contributed by atoms with Crippen LogP contribution in [-0.2, 0) is 9.53 Å². The molecule has 1 aliphatic carbocycles. The minimum absolute atomic E-state index is 0.0288. The van der Waals surface area contributed by atoms with Crippen molar-refractivity contribution in [3.05, 3.63) is 0 Å². The number of ether oxygens (including phenoxy) is 1. The maximum Gasteiger partial charge on any atom is 0.237 e. The lowest BCUT2D eigenvalue weighted by Gasteiger charge is -2.39. The second-order valence-electron chi connectivity index (χ2n) is 6.38. The van der Waals surface area contributed by atoms with Crippen LogP contribution in [0, 0.1) is 0 Å². The second-order valence-corrected chi connectivity index (χ2v) is 6.38. The number of hydrogen-bond donors (Lipinski definition) is 2. The van der Waals surface area contributed by atoms with E-state index in [1.807, 2.05) is 6.92 Å². The number of rotatable bonds is 9. The van der Waals surface area contributed by atoms with Gasteiger partial charge in [0.25, 0.3) is 0 Å². The minimum Gasteiger partial charge on any atom is -0.385 e. The van der Waals surface area contributed by atoms with Crippen molar-refractivity contribution in [1.29, 1.82) is 0 Å². The van der Waals surface area contributed by atoms with Crippen molar-refractivity contribution < 1.29 is 9.53 Å². The molecule has 2 rings (SSSR count). The smallest absolute Gasteiger partial charge is 0.237 e. The molecule has 5 nitrogen and oxygen atoms in total. The van der Waals surface area contributed by atoms with Gasteiger partial charge in [0.15, 0.2) is 0 Å². The maximum absolute atomic E-state index is 12.3. The van der Waals surface area contributed by atoms with E-state index in [0.717, 1.165) is 25.6 Å². The van der Waals surface area contributed by atoms with Crippen LogP contribution in [0.3, 0.4) is 0 Å². The number of piperidine rings is 1. The van der Waals surface area contributed by atoms with Gasteiger partial charge in [-0.25, -0.2) is 0 Å². The van der Waals surface area contributed by atoms with Crippen molar-refractivity contribution in [1.82, 2.24) is 15.5 Å². The molecule has 122 valence electrons. The lowest BCUT2D eigenvalue weighted by molar-refractivity contribution is -0.127. The molecule has 0 aromatic carbocycles. The van der Waals surface area contributed by atoms with Crippen molar-refractivity contribution in [3.8, 4) is 0 Å². The standard InChI is InChI=1S/C16H31N3O2/c1-13(16(20)17-9-5-11-21-2)19-10-4-3-6-15(19)12-18-14-7-8-14/h13-15,18H,3-12H2,1-2H3,(H,17,20). The summed E-state index contributed by atoms with van der Waals surface area (Å²) < 4.78 is 5.01. The number of amides is 1. The highest BCUT2D eigenvalue weighted by atomic mass is 16.5. The van der Waals surface area contributed by atoms with E-state index in [1.165, 1.54) is 32.1 Å². The van der Waals surface area contributed by atoms with Crippen LogP contribution in [0.25, 0.3) is 0 Å². The highest BCUT2D eigenvalue weighted by Crippen LogP contribution is 2.22. The van der Waals surface area contributed by atoms with E-state index in [-0.39, 0.29) is 11.9 Å². The summed E-state index contributed by atoms with van der Waals surface area (Å²) in [5, 5.41) is 6.65. The van der Waals surface area contributed by atoms with Crippen LogP contribution in [0.5, 0.6) is 0 Å². The second kappa shape index (κ2) is 8.71. The van der Waals surface area contributed by atoms with Crippen LogP contribution in [0.15, 0.2) is 0 Å². The summed E-state index contributed by atoms with van der Waals surface area (Å²) in [6.07, 6.45) is 7.23. The molecule has 1 saturated carbocycles. The van der Waals surface area contributed by atoms with E-state index in [0.29, 0.717) is 19.2 Å². The Bertz CT molecular complexity index is 321. The molecule has 0 bridgehead atoms. The van der Waals surface area contributed by atoms with E-state index in [9.17, 15) is 4.79 Å². The summed E-state index contributed by atoms with van der Waals surface area (Å²) in [4.78, 5) is 14.7. The molecular weight excluding hydrogens is 266 g/mol. The van der Waals surface area contributed by atoms with Gasteiger partial charge in [-0.3, -0.25) is 9.69 Å². The fourth-order valence-electron chi connectivity index (χ4n) is 3.07. The zero-order valence-electron chi connectivity index (χ0n) is 13.6. The van der Waals surface area contributed by atoms with Crippen molar-refractivity contribution in [2.45, 2.75) is 63.6 Å². The van der Waals surface area contributed by atoms with Crippen LogP contribution >= 0.6 is 0 Å². The van der Waals surface area contributed by atoms with Gasteiger partial charge >= 0.3 is 0 Å². The number of carbonyl (C=O) groups is 1. The predicted octanol–water partition coefficient (Wildman–Crippen LogP) is 1.13. The van der Waals surface area contributed by atoms with Crippen molar-refractivity contribution in [2.24, 2.45) is 0 Å². The lowest BCUT2D eigenvalue weighted by atomic mass is 9.99. The third-order valence-corrected chi connectivity index (χ3v) is 4.59. The topological polar surface area (TPSA) is 53.6 Å². The lowest BCUT2D eigenvalue weighted by Crippen LogP contribution is -2.54. The molecule has 0 aromatic heterocycles. The van der Waals surface area contributed by atoms with Crippen molar-refractivity contribution in [2.75, 3.05) is 33.4 Å². The Kier molecular flexibility index (Phi) is 6.93. The number of nitrogens with zero attached hydrogens (tertiary/aromatic N) is 1. The van der Waals surface area contributed by atoms with Crippen molar-refractivity contribution >= 4 is 5.91 Å². The SMILES string of the molecule is COCCCNC(=O)C(C)N1CCCCC1CNC1CC1. The Morgan fingerprint density at radius 2 is 2.14 bits per heavy atom. The van der Waals surface area contributed by atoms with Crippen LogP contribution in [0.1, 0.15) is 45.4 Å². The molecule has 1 aliphatic heterocycles. The van der Waals surface area contributed by atoms with Gasteiger partial charge in [0, 0.05) is 38.9 Å². The fourth-order valence-corrected chi connectivity index (χ4v) is 3.07. The maximum atomic E-state index is 12.3. The molecular formula is C16H31N3O2. The van der Waals surface area contributed by atoms with Gasteiger partial charge in [-0.2, -0.15) is 0 Å². The molecule has 0 spiro atoms.